The molecule has 0 amide bonds. The van der Waals surface area contributed by atoms with Crippen LogP contribution in [0.3, 0.4) is 0 Å². The summed E-state index contributed by atoms with van der Waals surface area (Å²) in [6.45, 7) is 2.04. The van der Waals surface area contributed by atoms with Crippen LogP contribution in [0.1, 0.15) is 47.4 Å². The third-order valence-electron chi connectivity index (χ3n) is 5.38. The molecule has 0 radical (unpaired) electrons. The van der Waals surface area contributed by atoms with Crippen molar-refractivity contribution in [3.8, 4) is 11.1 Å². The third-order valence-corrected chi connectivity index (χ3v) is 6.57. The van der Waals surface area contributed by atoms with E-state index in [9.17, 15) is 13.2 Å². The number of rotatable bonds is 6. The molecule has 0 N–H and O–H groups in total. The third kappa shape index (κ3) is 3.63. The normalized spacial score (nSPS) is 14.4. The summed E-state index contributed by atoms with van der Waals surface area (Å²) in [6, 6.07) is 5.21. The second-order valence-corrected chi connectivity index (χ2v) is 10.4. The van der Waals surface area contributed by atoms with Crippen LogP contribution in [0.25, 0.3) is 22.2 Å². The van der Waals surface area contributed by atoms with Crippen molar-refractivity contribution in [2.45, 2.75) is 31.4 Å². The van der Waals surface area contributed by atoms with Crippen LogP contribution in [-0.2, 0) is 34.4 Å². The molecule has 2 heterocycles. The summed E-state index contributed by atoms with van der Waals surface area (Å²) in [5, 5.41) is 5.07. The van der Waals surface area contributed by atoms with Gasteiger partial charge in [-0.1, -0.05) is 23.7 Å². The minimum atomic E-state index is -3.22. The van der Waals surface area contributed by atoms with Crippen molar-refractivity contribution < 1.29 is 17.9 Å². The van der Waals surface area contributed by atoms with Gasteiger partial charge in [0.25, 0.3) is 0 Å². The quantitative estimate of drug-likeness (QED) is 0.534. The number of aromatic nitrogens is 3. The lowest BCUT2D eigenvalue weighted by atomic mass is 10.0. The zero-order chi connectivity index (χ0) is 21.8. The van der Waals surface area contributed by atoms with Gasteiger partial charge in [-0.15, -0.1) is 0 Å². The van der Waals surface area contributed by atoms with Crippen LogP contribution in [-0.4, -0.2) is 41.6 Å². The molecule has 0 spiro atoms. The molecule has 0 unspecified atom stereocenters. The summed E-state index contributed by atoms with van der Waals surface area (Å²) >= 11 is 6.43. The summed E-state index contributed by atoms with van der Waals surface area (Å²) in [7, 11) is 0.500. The number of hydrogen-bond donors (Lipinski definition) is 0. The van der Waals surface area contributed by atoms with Gasteiger partial charge in [0.2, 0.25) is 0 Å². The van der Waals surface area contributed by atoms with Gasteiger partial charge in [0, 0.05) is 36.9 Å². The van der Waals surface area contributed by atoms with Crippen LogP contribution in [0.5, 0.6) is 0 Å². The first-order chi connectivity index (χ1) is 14.1. The number of ether oxygens (including phenoxy) is 1. The van der Waals surface area contributed by atoms with Gasteiger partial charge in [0.15, 0.2) is 9.84 Å². The van der Waals surface area contributed by atoms with Crippen LogP contribution in [0.2, 0.25) is 5.02 Å². The van der Waals surface area contributed by atoms with Crippen LogP contribution >= 0.6 is 11.6 Å². The molecule has 0 bridgehead atoms. The number of esters is 1. The molecular weight excluding hydrogens is 426 g/mol. The van der Waals surface area contributed by atoms with Crippen LogP contribution in [0.15, 0.2) is 18.2 Å². The highest BCUT2D eigenvalue weighted by Crippen LogP contribution is 2.46. The van der Waals surface area contributed by atoms with Crippen molar-refractivity contribution in [3.05, 3.63) is 40.2 Å². The number of fused-ring (bicyclic) bond motifs is 1. The minimum Gasteiger partial charge on any atom is -0.461 e. The van der Waals surface area contributed by atoms with Crippen LogP contribution in [0.4, 0.5) is 0 Å². The van der Waals surface area contributed by atoms with Crippen molar-refractivity contribution in [2.24, 2.45) is 14.1 Å². The second kappa shape index (κ2) is 7.42. The average molecular weight is 450 g/mol. The largest absolute Gasteiger partial charge is 0.461 e. The molecule has 1 fully saturated rings. The van der Waals surface area contributed by atoms with E-state index in [1.807, 2.05) is 18.7 Å². The van der Waals surface area contributed by atoms with Crippen molar-refractivity contribution in [1.82, 2.24) is 14.3 Å². The van der Waals surface area contributed by atoms with Gasteiger partial charge in [-0.25, -0.2) is 13.2 Å². The highest BCUT2D eigenvalue weighted by Gasteiger charge is 2.34. The highest BCUT2D eigenvalue weighted by molar-refractivity contribution is 7.89. The first-order valence-corrected chi connectivity index (χ1v) is 12.2. The molecule has 1 aromatic carbocycles. The van der Waals surface area contributed by atoms with Gasteiger partial charge in [-0.05, 0) is 37.0 Å². The van der Waals surface area contributed by atoms with Gasteiger partial charge in [-0.2, -0.15) is 5.10 Å². The molecule has 1 saturated carbocycles. The lowest BCUT2D eigenvalue weighted by Crippen LogP contribution is -2.12. The molecule has 9 heteroatoms. The summed E-state index contributed by atoms with van der Waals surface area (Å²) < 4.78 is 32.4. The fraction of sp³-hybridized carbons (Fsp3) is 0.429. The number of sulfone groups is 1. The molecule has 4 rings (SSSR count). The molecule has 160 valence electrons. The minimum absolute atomic E-state index is 0.140. The Kier molecular flexibility index (Phi) is 5.18. The van der Waals surface area contributed by atoms with Crippen molar-refractivity contribution in [2.75, 3.05) is 12.9 Å². The Morgan fingerprint density at radius 3 is 2.53 bits per heavy atom. The number of benzene rings is 1. The van der Waals surface area contributed by atoms with E-state index < -0.39 is 15.8 Å². The molecule has 0 aliphatic heterocycles. The van der Waals surface area contributed by atoms with E-state index in [0.29, 0.717) is 27.8 Å². The van der Waals surface area contributed by atoms with Crippen molar-refractivity contribution in [3.63, 3.8) is 0 Å². The van der Waals surface area contributed by atoms with Gasteiger partial charge >= 0.3 is 5.97 Å². The summed E-state index contributed by atoms with van der Waals surface area (Å²) in [4.78, 5) is 12.9. The Labute approximate surface area is 180 Å². The molecule has 1 aliphatic carbocycles. The fourth-order valence-corrected chi connectivity index (χ4v) is 5.13. The van der Waals surface area contributed by atoms with E-state index in [4.69, 9.17) is 21.4 Å². The summed E-state index contributed by atoms with van der Waals surface area (Å²) in [5.41, 5.74) is 5.14. The van der Waals surface area contributed by atoms with E-state index in [1.54, 1.807) is 29.8 Å². The van der Waals surface area contributed by atoms with E-state index >= 15 is 0 Å². The maximum Gasteiger partial charge on any atom is 0.355 e. The monoisotopic (exact) mass is 449 g/mol. The van der Waals surface area contributed by atoms with E-state index in [0.717, 1.165) is 35.1 Å². The molecular formula is C21H24ClN3O4S. The molecule has 7 nitrogen and oxygen atoms in total. The van der Waals surface area contributed by atoms with E-state index in [2.05, 4.69) is 0 Å². The Balaban J connectivity index is 1.96. The predicted octanol–water partition coefficient (Wildman–Crippen LogP) is 3.83. The number of halogens is 1. The van der Waals surface area contributed by atoms with Crippen LogP contribution in [0, 0.1) is 0 Å². The molecule has 3 aromatic rings. The summed E-state index contributed by atoms with van der Waals surface area (Å²) in [6.07, 6.45) is 3.35. The fourth-order valence-electron chi connectivity index (χ4n) is 3.98. The average Bonchev–Trinajstić information content (AvgIpc) is 3.37. The smallest absolute Gasteiger partial charge is 0.355 e. The molecule has 0 atom stereocenters. The molecule has 0 saturated heterocycles. The maximum absolute atomic E-state index is 12.9. The lowest BCUT2D eigenvalue weighted by Gasteiger charge is -2.10. The predicted molar refractivity (Wildman–Crippen MR) is 117 cm³/mol. The first kappa shape index (κ1) is 20.9. The van der Waals surface area contributed by atoms with Crippen molar-refractivity contribution >= 4 is 38.4 Å². The highest BCUT2D eigenvalue weighted by atomic mass is 35.5. The van der Waals surface area contributed by atoms with Crippen LogP contribution < -0.4 is 0 Å². The van der Waals surface area contributed by atoms with E-state index in [-0.39, 0.29) is 12.4 Å². The Morgan fingerprint density at radius 2 is 1.97 bits per heavy atom. The van der Waals surface area contributed by atoms with Gasteiger partial charge in [0.05, 0.1) is 29.1 Å². The Bertz CT molecular complexity index is 1270. The maximum atomic E-state index is 12.9. The standard InChI is InChI=1S/C21H24ClN3O4S/c1-5-29-21(26)19-16(13-8-9-14(15(22)10-13)11-30(4,27)28)18-20(24(19)2)17(12-6-7-12)23-25(18)3/h8-10,12H,5-7,11H2,1-4H3. The zero-order valence-electron chi connectivity index (χ0n) is 17.4. The van der Waals surface area contributed by atoms with Gasteiger partial charge in [-0.3, -0.25) is 4.68 Å². The Morgan fingerprint density at radius 1 is 1.27 bits per heavy atom. The van der Waals surface area contributed by atoms with Gasteiger partial charge < -0.3 is 9.30 Å². The number of carbonyl (C=O) groups is 1. The molecule has 1 aliphatic rings. The topological polar surface area (TPSA) is 83.2 Å². The van der Waals surface area contributed by atoms with E-state index in [1.165, 1.54) is 6.26 Å². The first-order valence-electron chi connectivity index (χ1n) is 9.81. The number of aryl methyl sites for hydroxylation is 2. The SMILES string of the molecule is CCOC(=O)c1c(-c2ccc(CS(C)(=O)=O)c(Cl)c2)c2c(c(C3CC3)nn2C)n1C. The molecule has 2 aromatic heterocycles. The zero-order valence-corrected chi connectivity index (χ0v) is 19.0. The Hall–Kier alpha value is -2.32. The van der Waals surface area contributed by atoms with Gasteiger partial charge in [0.1, 0.15) is 5.69 Å². The number of nitrogens with zero attached hydrogens (tertiary/aromatic N) is 3. The number of hydrogen-bond acceptors (Lipinski definition) is 5. The second-order valence-electron chi connectivity index (χ2n) is 7.86. The molecule has 30 heavy (non-hydrogen) atoms. The van der Waals surface area contributed by atoms with Crippen molar-refractivity contribution in [1.29, 1.82) is 0 Å². The number of carbonyl (C=O) groups excluding carboxylic acids is 1. The summed E-state index contributed by atoms with van der Waals surface area (Å²) in [5.74, 6) is -0.145. The lowest BCUT2D eigenvalue weighted by molar-refractivity contribution is 0.0516.